The lowest BCUT2D eigenvalue weighted by Crippen LogP contribution is -2.39. The van der Waals surface area contributed by atoms with Crippen LogP contribution in [0.1, 0.15) is 30.0 Å². The fraction of sp³-hybridized carbons (Fsp3) is 0.389. The third-order valence-electron chi connectivity index (χ3n) is 4.49. The lowest BCUT2D eigenvalue weighted by atomic mass is 10.1. The van der Waals surface area contributed by atoms with Crippen molar-refractivity contribution in [2.75, 3.05) is 19.8 Å². The molecule has 0 saturated carbocycles. The summed E-state index contributed by atoms with van der Waals surface area (Å²) in [7, 11) is 0. The summed E-state index contributed by atoms with van der Waals surface area (Å²) in [6.07, 6.45) is 2.09. The van der Waals surface area contributed by atoms with Gasteiger partial charge >= 0.3 is 6.03 Å². The number of ether oxygens (including phenoxy) is 2. The van der Waals surface area contributed by atoms with Crippen molar-refractivity contribution in [3.05, 3.63) is 46.2 Å². The van der Waals surface area contributed by atoms with Gasteiger partial charge in [0, 0.05) is 13.1 Å². The molecule has 2 aromatic rings. The standard InChI is InChI=1S/C18H20N2O3S/c21-18(20-6-1-2-15(20)14-5-9-24-12-14)19-11-13-3-4-16-17(10-13)23-8-7-22-16/h3-5,9-10,12,15H,1-2,6-8,11H2,(H,19,21). The van der Waals surface area contributed by atoms with Crippen LogP contribution in [0.4, 0.5) is 4.79 Å². The van der Waals surface area contributed by atoms with Gasteiger partial charge in [-0.3, -0.25) is 0 Å². The molecule has 2 aliphatic heterocycles. The van der Waals surface area contributed by atoms with Crippen LogP contribution in [0.2, 0.25) is 0 Å². The highest BCUT2D eigenvalue weighted by Crippen LogP contribution is 2.33. The second-order valence-electron chi connectivity index (χ2n) is 6.04. The monoisotopic (exact) mass is 344 g/mol. The predicted octanol–water partition coefficient (Wildman–Crippen LogP) is 3.57. The summed E-state index contributed by atoms with van der Waals surface area (Å²) >= 11 is 1.68. The number of rotatable bonds is 3. The lowest BCUT2D eigenvalue weighted by molar-refractivity contribution is 0.171. The van der Waals surface area contributed by atoms with Crippen LogP contribution in [-0.2, 0) is 6.54 Å². The third kappa shape index (κ3) is 3.06. The topological polar surface area (TPSA) is 50.8 Å². The van der Waals surface area contributed by atoms with E-state index in [9.17, 15) is 4.79 Å². The second-order valence-corrected chi connectivity index (χ2v) is 6.82. The Hall–Kier alpha value is -2.21. The molecule has 0 bridgehead atoms. The number of fused-ring (bicyclic) bond motifs is 1. The largest absolute Gasteiger partial charge is 0.486 e. The second kappa shape index (κ2) is 6.73. The molecular formula is C18H20N2O3S. The zero-order valence-corrected chi connectivity index (χ0v) is 14.2. The Bertz CT molecular complexity index is 717. The normalized spacial score (nSPS) is 19.3. The van der Waals surface area contributed by atoms with Crippen molar-refractivity contribution in [1.29, 1.82) is 0 Å². The highest BCUT2D eigenvalue weighted by Gasteiger charge is 2.30. The minimum Gasteiger partial charge on any atom is -0.486 e. The van der Waals surface area contributed by atoms with Crippen LogP contribution in [0.15, 0.2) is 35.0 Å². The first-order valence-electron chi connectivity index (χ1n) is 8.26. The van der Waals surface area contributed by atoms with Gasteiger partial charge in [-0.25, -0.2) is 4.79 Å². The predicted molar refractivity (Wildman–Crippen MR) is 92.7 cm³/mol. The molecule has 0 spiro atoms. The molecule has 1 aromatic carbocycles. The third-order valence-corrected chi connectivity index (χ3v) is 5.19. The molecule has 4 rings (SSSR count). The zero-order chi connectivity index (χ0) is 16.4. The molecule has 1 N–H and O–H groups in total. The zero-order valence-electron chi connectivity index (χ0n) is 13.4. The minimum absolute atomic E-state index is 0.00131. The fourth-order valence-corrected chi connectivity index (χ4v) is 4.00. The first-order chi connectivity index (χ1) is 11.8. The molecule has 0 radical (unpaired) electrons. The molecule has 2 amide bonds. The lowest BCUT2D eigenvalue weighted by Gasteiger charge is -2.25. The molecule has 126 valence electrons. The van der Waals surface area contributed by atoms with Gasteiger partial charge in [-0.05, 0) is 52.9 Å². The van der Waals surface area contributed by atoms with E-state index in [1.54, 1.807) is 11.3 Å². The Morgan fingerprint density at radius 3 is 2.96 bits per heavy atom. The molecule has 1 atom stereocenters. The molecule has 1 aromatic heterocycles. The molecule has 1 unspecified atom stereocenters. The van der Waals surface area contributed by atoms with Crippen molar-refractivity contribution in [3.63, 3.8) is 0 Å². The number of nitrogens with one attached hydrogen (secondary N) is 1. The van der Waals surface area contributed by atoms with Crippen molar-refractivity contribution < 1.29 is 14.3 Å². The Morgan fingerprint density at radius 2 is 2.12 bits per heavy atom. The van der Waals surface area contributed by atoms with Gasteiger partial charge in [-0.2, -0.15) is 11.3 Å². The number of hydrogen-bond acceptors (Lipinski definition) is 4. The summed E-state index contributed by atoms with van der Waals surface area (Å²) in [6, 6.07) is 8.13. The van der Waals surface area contributed by atoms with Crippen LogP contribution in [0, 0.1) is 0 Å². The number of likely N-dealkylation sites (tertiary alicyclic amines) is 1. The molecule has 5 nitrogen and oxygen atoms in total. The molecule has 0 aliphatic carbocycles. The fourth-order valence-electron chi connectivity index (χ4n) is 3.30. The van der Waals surface area contributed by atoms with E-state index in [0.29, 0.717) is 19.8 Å². The van der Waals surface area contributed by atoms with E-state index >= 15 is 0 Å². The summed E-state index contributed by atoms with van der Waals surface area (Å²) in [5.41, 5.74) is 2.26. The van der Waals surface area contributed by atoms with Crippen molar-refractivity contribution >= 4 is 17.4 Å². The Kier molecular flexibility index (Phi) is 4.30. The van der Waals surface area contributed by atoms with E-state index in [1.807, 2.05) is 23.1 Å². The SMILES string of the molecule is O=C(NCc1ccc2c(c1)OCCO2)N1CCCC1c1ccsc1. The highest BCUT2D eigenvalue weighted by molar-refractivity contribution is 7.07. The Labute approximate surface area is 145 Å². The van der Waals surface area contributed by atoms with E-state index in [1.165, 1.54) is 5.56 Å². The number of urea groups is 1. The van der Waals surface area contributed by atoms with E-state index in [-0.39, 0.29) is 12.1 Å². The summed E-state index contributed by atoms with van der Waals surface area (Å²) in [5.74, 6) is 1.53. The number of amides is 2. The van der Waals surface area contributed by atoms with Crippen LogP contribution in [-0.4, -0.2) is 30.7 Å². The van der Waals surface area contributed by atoms with Crippen molar-refractivity contribution in [2.24, 2.45) is 0 Å². The van der Waals surface area contributed by atoms with E-state index in [2.05, 4.69) is 22.1 Å². The van der Waals surface area contributed by atoms with Crippen LogP contribution in [0.3, 0.4) is 0 Å². The summed E-state index contributed by atoms with van der Waals surface area (Å²) in [5, 5.41) is 7.24. The van der Waals surface area contributed by atoms with E-state index in [4.69, 9.17) is 9.47 Å². The van der Waals surface area contributed by atoms with E-state index < -0.39 is 0 Å². The molecular weight excluding hydrogens is 324 g/mol. The number of benzene rings is 1. The first kappa shape index (κ1) is 15.3. The summed E-state index contributed by atoms with van der Waals surface area (Å²) in [6.45, 7) is 2.46. The average Bonchev–Trinajstić information content (AvgIpc) is 3.30. The van der Waals surface area contributed by atoms with Crippen molar-refractivity contribution in [3.8, 4) is 11.5 Å². The number of nitrogens with zero attached hydrogens (tertiary/aromatic N) is 1. The van der Waals surface area contributed by atoms with Crippen LogP contribution >= 0.6 is 11.3 Å². The van der Waals surface area contributed by atoms with Crippen LogP contribution in [0.5, 0.6) is 11.5 Å². The van der Waals surface area contributed by atoms with Gasteiger partial charge in [0.25, 0.3) is 0 Å². The molecule has 2 aliphatic rings. The molecule has 3 heterocycles. The number of carbonyl (C=O) groups excluding carboxylic acids is 1. The maximum Gasteiger partial charge on any atom is 0.318 e. The van der Waals surface area contributed by atoms with Crippen molar-refractivity contribution in [1.82, 2.24) is 10.2 Å². The van der Waals surface area contributed by atoms with Gasteiger partial charge < -0.3 is 19.7 Å². The maximum absolute atomic E-state index is 12.6. The number of hydrogen-bond donors (Lipinski definition) is 1. The number of carbonyl (C=O) groups is 1. The Balaban J connectivity index is 1.39. The molecule has 24 heavy (non-hydrogen) atoms. The summed E-state index contributed by atoms with van der Waals surface area (Å²) in [4.78, 5) is 14.5. The maximum atomic E-state index is 12.6. The minimum atomic E-state index is -0.00131. The average molecular weight is 344 g/mol. The highest BCUT2D eigenvalue weighted by atomic mass is 32.1. The van der Waals surface area contributed by atoms with E-state index in [0.717, 1.165) is 36.4 Å². The smallest absolute Gasteiger partial charge is 0.318 e. The van der Waals surface area contributed by atoms with Gasteiger partial charge in [-0.15, -0.1) is 0 Å². The quantitative estimate of drug-likeness (QED) is 0.926. The van der Waals surface area contributed by atoms with Gasteiger partial charge in [0.05, 0.1) is 6.04 Å². The Morgan fingerprint density at radius 1 is 1.25 bits per heavy atom. The van der Waals surface area contributed by atoms with Crippen molar-refractivity contribution in [2.45, 2.75) is 25.4 Å². The summed E-state index contributed by atoms with van der Waals surface area (Å²) < 4.78 is 11.1. The van der Waals surface area contributed by atoms with Gasteiger partial charge in [-0.1, -0.05) is 6.07 Å². The van der Waals surface area contributed by atoms with Gasteiger partial charge in [0.1, 0.15) is 13.2 Å². The van der Waals surface area contributed by atoms with Crippen LogP contribution < -0.4 is 14.8 Å². The van der Waals surface area contributed by atoms with Gasteiger partial charge in [0.2, 0.25) is 0 Å². The molecule has 1 fully saturated rings. The molecule has 6 heteroatoms. The molecule has 1 saturated heterocycles. The number of thiophene rings is 1. The van der Waals surface area contributed by atoms with Crippen LogP contribution in [0.25, 0.3) is 0 Å². The van der Waals surface area contributed by atoms with Gasteiger partial charge in [0.15, 0.2) is 11.5 Å². The first-order valence-corrected chi connectivity index (χ1v) is 9.20.